The standard InChI is InChI=1S/C16H13N3O/c1-11(20)4-5-13-9-18-16-15(13)7-14(10-19-16)12-3-2-6-17-8-12/h2-10H,1H3,(H,18,19). The van der Waals surface area contributed by atoms with Crippen LogP contribution >= 0.6 is 0 Å². The number of pyridine rings is 2. The predicted octanol–water partition coefficient (Wildman–Crippen LogP) is 3.23. The summed E-state index contributed by atoms with van der Waals surface area (Å²) >= 11 is 0. The Hall–Kier alpha value is -2.75. The van der Waals surface area contributed by atoms with E-state index in [2.05, 4.69) is 21.0 Å². The molecule has 0 unspecified atom stereocenters. The minimum Gasteiger partial charge on any atom is -0.346 e. The SMILES string of the molecule is CC(=O)C=Cc1c[nH]c2ncc(-c3cccnc3)cc12. The van der Waals surface area contributed by atoms with Crippen LogP contribution in [-0.4, -0.2) is 20.7 Å². The topological polar surface area (TPSA) is 58.6 Å². The normalized spacial score (nSPS) is 11.2. The van der Waals surface area contributed by atoms with Crippen LogP contribution in [0.5, 0.6) is 0 Å². The number of allylic oxidation sites excluding steroid dienone is 1. The predicted molar refractivity (Wildman–Crippen MR) is 79.0 cm³/mol. The fourth-order valence-electron chi connectivity index (χ4n) is 2.06. The molecular weight excluding hydrogens is 250 g/mol. The molecule has 4 nitrogen and oxygen atoms in total. The van der Waals surface area contributed by atoms with Crippen LogP contribution in [0.1, 0.15) is 12.5 Å². The third-order valence-electron chi connectivity index (χ3n) is 3.06. The number of hydrogen-bond acceptors (Lipinski definition) is 3. The quantitative estimate of drug-likeness (QED) is 0.738. The van der Waals surface area contributed by atoms with E-state index in [4.69, 9.17) is 0 Å². The summed E-state index contributed by atoms with van der Waals surface area (Å²) in [4.78, 5) is 22.7. The number of rotatable bonds is 3. The Morgan fingerprint density at radius 3 is 2.95 bits per heavy atom. The first-order chi connectivity index (χ1) is 9.74. The number of aromatic amines is 1. The van der Waals surface area contributed by atoms with Crippen molar-refractivity contribution < 1.29 is 4.79 Å². The maximum atomic E-state index is 11.0. The van der Waals surface area contributed by atoms with Gasteiger partial charge < -0.3 is 4.98 Å². The van der Waals surface area contributed by atoms with Crippen LogP contribution in [0, 0.1) is 0 Å². The average Bonchev–Trinajstić information content (AvgIpc) is 2.88. The largest absolute Gasteiger partial charge is 0.346 e. The molecule has 0 spiro atoms. The van der Waals surface area contributed by atoms with E-state index in [1.54, 1.807) is 24.5 Å². The number of hydrogen-bond donors (Lipinski definition) is 1. The van der Waals surface area contributed by atoms with Crippen molar-refractivity contribution in [2.75, 3.05) is 0 Å². The highest BCUT2D eigenvalue weighted by molar-refractivity contribution is 5.96. The molecule has 3 heterocycles. The highest BCUT2D eigenvalue weighted by atomic mass is 16.1. The van der Waals surface area contributed by atoms with Crippen molar-refractivity contribution in [3.8, 4) is 11.1 Å². The van der Waals surface area contributed by atoms with Crippen molar-refractivity contribution in [3.63, 3.8) is 0 Å². The van der Waals surface area contributed by atoms with E-state index in [-0.39, 0.29) is 5.78 Å². The third kappa shape index (κ3) is 2.36. The number of nitrogens with zero attached hydrogens (tertiary/aromatic N) is 2. The van der Waals surface area contributed by atoms with Gasteiger partial charge in [-0.25, -0.2) is 4.98 Å². The molecule has 0 bridgehead atoms. The number of carbonyl (C=O) groups excluding carboxylic acids is 1. The van der Waals surface area contributed by atoms with Crippen molar-refractivity contribution in [1.29, 1.82) is 0 Å². The minimum atomic E-state index is 0.0238. The van der Waals surface area contributed by atoms with Crippen LogP contribution < -0.4 is 0 Å². The molecule has 0 radical (unpaired) electrons. The summed E-state index contributed by atoms with van der Waals surface area (Å²) in [7, 11) is 0. The minimum absolute atomic E-state index is 0.0238. The number of carbonyl (C=O) groups is 1. The molecule has 20 heavy (non-hydrogen) atoms. The molecule has 0 atom stereocenters. The summed E-state index contributed by atoms with van der Waals surface area (Å²) in [6, 6.07) is 5.94. The molecule has 0 saturated carbocycles. The second-order valence-corrected chi connectivity index (χ2v) is 4.55. The number of nitrogens with one attached hydrogen (secondary N) is 1. The lowest BCUT2D eigenvalue weighted by Gasteiger charge is -2.00. The Kier molecular flexibility index (Phi) is 3.13. The van der Waals surface area contributed by atoms with Gasteiger partial charge in [0.05, 0.1) is 0 Å². The second kappa shape index (κ2) is 5.09. The van der Waals surface area contributed by atoms with Crippen molar-refractivity contribution in [2.45, 2.75) is 6.92 Å². The molecule has 0 amide bonds. The van der Waals surface area contributed by atoms with E-state index >= 15 is 0 Å². The Labute approximate surface area is 116 Å². The van der Waals surface area contributed by atoms with Crippen LogP contribution in [-0.2, 0) is 4.79 Å². The Morgan fingerprint density at radius 1 is 1.30 bits per heavy atom. The zero-order valence-electron chi connectivity index (χ0n) is 11.0. The van der Waals surface area contributed by atoms with Crippen molar-refractivity contribution in [1.82, 2.24) is 15.0 Å². The van der Waals surface area contributed by atoms with Gasteiger partial charge in [-0.2, -0.15) is 0 Å². The molecule has 0 fully saturated rings. The van der Waals surface area contributed by atoms with Gasteiger partial charge in [0.1, 0.15) is 5.65 Å². The summed E-state index contributed by atoms with van der Waals surface area (Å²) in [5.74, 6) is 0.0238. The van der Waals surface area contributed by atoms with E-state index in [0.29, 0.717) is 0 Å². The Morgan fingerprint density at radius 2 is 2.20 bits per heavy atom. The zero-order chi connectivity index (χ0) is 13.9. The van der Waals surface area contributed by atoms with E-state index in [1.165, 1.54) is 6.92 Å². The van der Waals surface area contributed by atoms with Gasteiger partial charge in [-0.1, -0.05) is 6.07 Å². The molecule has 0 saturated heterocycles. The third-order valence-corrected chi connectivity index (χ3v) is 3.06. The number of ketones is 1. The molecule has 98 valence electrons. The fourth-order valence-corrected chi connectivity index (χ4v) is 2.06. The highest BCUT2D eigenvalue weighted by Crippen LogP contribution is 2.24. The lowest BCUT2D eigenvalue weighted by molar-refractivity contribution is -0.112. The second-order valence-electron chi connectivity index (χ2n) is 4.55. The summed E-state index contributed by atoms with van der Waals surface area (Å²) in [5.41, 5.74) is 3.78. The molecular formula is C16H13N3O. The summed E-state index contributed by atoms with van der Waals surface area (Å²) in [6.07, 6.45) is 10.6. The molecule has 3 aromatic rings. The highest BCUT2D eigenvalue weighted by Gasteiger charge is 2.05. The number of aromatic nitrogens is 3. The van der Waals surface area contributed by atoms with E-state index in [9.17, 15) is 4.79 Å². The first kappa shape index (κ1) is 12.3. The summed E-state index contributed by atoms with van der Waals surface area (Å²) in [5, 5.41) is 0.990. The maximum absolute atomic E-state index is 11.0. The molecule has 3 aromatic heterocycles. The van der Waals surface area contributed by atoms with Gasteiger partial charge in [-0.3, -0.25) is 9.78 Å². The van der Waals surface area contributed by atoms with Gasteiger partial charge in [-0.15, -0.1) is 0 Å². The molecule has 0 aliphatic rings. The number of H-pyrrole nitrogens is 1. The molecule has 1 N–H and O–H groups in total. The molecule has 0 aliphatic carbocycles. The Balaban J connectivity index is 2.10. The van der Waals surface area contributed by atoms with Crippen molar-refractivity contribution in [2.24, 2.45) is 0 Å². The molecule has 4 heteroatoms. The van der Waals surface area contributed by atoms with Crippen LogP contribution in [0.25, 0.3) is 28.2 Å². The summed E-state index contributed by atoms with van der Waals surface area (Å²) in [6.45, 7) is 1.53. The molecule has 0 aliphatic heterocycles. The maximum Gasteiger partial charge on any atom is 0.152 e. The van der Waals surface area contributed by atoms with E-state index in [1.807, 2.05) is 24.5 Å². The van der Waals surface area contributed by atoms with Crippen LogP contribution in [0.2, 0.25) is 0 Å². The molecule has 0 aromatic carbocycles. The van der Waals surface area contributed by atoms with E-state index < -0.39 is 0 Å². The van der Waals surface area contributed by atoms with Crippen LogP contribution in [0.15, 0.2) is 49.1 Å². The lowest BCUT2D eigenvalue weighted by atomic mass is 10.1. The molecule has 3 rings (SSSR count). The first-order valence-electron chi connectivity index (χ1n) is 6.30. The smallest absolute Gasteiger partial charge is 0.152 e. The van der Waals surface area contributed by atoms with Gasteiger partial charge in [0.25, 0.3) is 0 Å². The monoisotopic (exact) mass is 263 g/mol. The van der Waals surface area contributed by atoms with Gasteiger partial charge in [0.15, 0.2) is 5.78 Å². The first-order valence-corrected chi connectivity index (χ1v) is 6.30. The van der Waals surface area contributed by atoms with Gasteiger partial charge in [0.2, 0.25) is 0 Å². The van der Waals surface area contributed by atoms with Gasteiger partial charge >= 0.3 is 0 Å². The van der Waals surface area contributed by atoms with Crippen LogP contribution in [0.3, 0.4) is 0 Å². The Bertz CT molecular complexity index is 788. The van der Waals surface area contributed by atoms with Crippen LogP contribution in [0.4, 0.5) is 0 Å². The average molecular weight is 263 g/mol. The van der Waals surface area contributed by atoms with E-state index in [0.717, 1.165) is 27.7 Å². The zero-order valence-corrected chi connectivity index (χ0v) is 11.0. The summed E-state index contributed by atoms with van der Waals surface area (Å²) < 4.78 is 0. The van der Waals surface area contributed by atoms with Crippen molar-refractivity contribution in [3.05, 3.63) is 54.6 Å². The fraction of sp³-hybridized carbons (Fsp3) is 0.0625. The lowest BCUT2D eigenvalue weighted by Crippen LogP contribution is -1.83. The van der Waals surface area contributed by atoms with Gasteiger partial charge in [0, 0.05) is 46.9 Å². The van der Waals surface area contributed by atoms with Crippen molar-refractivity contribution >= 4 is 22.9 Å². The number of fused-ring (bicyclic) bond motifs is 1. The van der Waals surface area contributed by atoms with Gasteiger partial charge in [-0.05, 0) is 31.2 Å².